The minimum Gasteiger partial charge on any atom is -0.482 e. The van der Waals surface area contributed by atoms with Crippen LogP contribution in [0.5, 0.6) is 5.75 Å². The van der Waals surface area contributed by atoms with Crippen molar-refractivity contribution in [3.8, 4) is 5.75 Å². The number of nitrogens with one attached hydrogen (secondary N) is 2. The molecule has 2 aliphatic rings. The van der Waals surface area contributed by atoms with Gasteiger partial charge in [-0.05, 0) is 37.8 Å². The highest BCUT2D eigenvalue weighted by Crippen LogP contribution is 2.31. The molecule has 2 atom stereocenters. The smallest absolute Gasteiger partial charge is 0.322 e. The normalized spacial score (nSPS) is 24.1. The number of hydrogen-bond acceptors (Lipinski definition) is 3. The minimum absolute atomic E-state index is 0.00503. The van der Waals surface area contributed by atoms with Gasteiger partial charge in [0.05, 0.1) is 5.69 Å². The van der Waals surface area contributed by atoms with Crippen LogP contribution in [-0.4, -0.2) is 36.0 Å². The van der Waals surface area contributed by atoms with Crippen molar-refractivity contribution < 1.29 is 14.3 Å². The summed E-state index contributed by atoms with van der Waals surface area (Å²) < 4.78 is 5.36. The van der Waals surface area contributed by atoms with Gasteiger partial charge in [0.2, 0.25) is 0 Å². The summed E-state index contributed by atoms with van der Waals surface area (Å²) in [5.41, 5.74) is 1.31. The fourth-order valence-electron chi connectivity index (χ4n) is 2.97. The predicted octanol–water partition coefficient (Wildman–Crippen LogP) is 2.67. The number of likely N-dealkylation sites (tertiary alicyclic amines) is 1. The molecule has 1 saturated heterocycles. The largest absolute Gasteiger partial charge is 0.482 e. The lowest BCUT2D eigenvalue weighted by Crippen LogP contribution is -2.47. The van der Waals surface area contributed by atoms with Crippen molar-refractivity contribution in [3.05, 3.63) is 18.2 Å². The van der Waals surface area contributed by atoms with E-state index < -0.39 is 0 Å². The lowest BCUT2D eigenvalue weighted by Gasteiger charge is -2.37. The average molecular weight is 303 g/mol. The Morgan fingerprint density at radius 3 is 3.05 bits per heavy atom. The molecule has 2 aliphatic heterocycles. The second kappa shape index (κ2) is 5.87. The molecular formula is C16H21N3O3. The monoisotopic (exact) mass is 303 g/mol. The second-order valence-corrected chi connectivity index (χ2v) is 6.03. The Morgan fingerprint density at radius 2 is 2.23 bits per heavy atom. The van der Waals surface area contributed by atoms with Gasteiger partial charge >= 0.3 is 6.03 Å². The SMILES string of the molecule is CC1CCCN(C(=O)Nc2ccc3c(c2)OCC(=O)N3)C1C. The van der Waals surface area contributed by atoms with E-state index in [2.05, 4.69) is 24.5 Å². The number of carbonyl (C=O) groups is 2. The Morgan fingerprint density at radius 1 is 1.41 bits per heavy atom. The van der Waals surface area contributed by atoms with Crippen LogP contribution in [0.15, 0.2) is 18.2 Å². The van der Waals surface area contributed by atoms with Crippen molar-refractivity contribution in [2.24, 2.45) is 5.92 Å². The van der Waals surface area contributed by atoms with Gasteiger partial charge < -0.3 is 20.3 Å². The van der Waals surface area contributed by atoms with Gasteiger partial charge in [0, 0.05) is 24.3 Å². The molecule has 2 heterocycles. The van der Waals surface area contributed by atoms with Crippen molar-refractivity contribution in [1.29, 1.82) is 0 Å². The van der Waals surface area contributed by atoms with Crippen molar-refractivity contribution in [1.82, 2.24) is 4.90 Å². The molecule has 2 unspecified atom stereocenters. The van der Waals surface area contributed by atoms with Crippen molar-refractivity contribution in [2.45, 2.75) is 32.7 Å². The number of nitrogens with zero attached hydrogens (tertiary/aromatic N) is 1. The van der Waals surface area contributed by atoms with Crippen LogP contribution in [-0.2, 0) is 4.79 Å². The quantitative estimate of drug-likeness (QED) is 0.838. The van der Waals surface area contributed by atoms with E-state index in [0.717, 1.165) is 19.4 Å². The average Bonchev–Trinajstić information content (AvgIpc) is 2.50. The number of ether oxygens (including phenoxy) is 1. The molecule has 1 aromatic carbocycles. The van der Waals surface area contributed by atoms with E-state index in [1.807, 2.05) is 4.90 Å². The van der Waals surface area contributed by atoms with Gasteiger partial charge in [0.25, 0.3) is 5.91 Å². The Balaban J connectivity index is 1.70. The molecule has 6 heteroatoms. The predicted molar refractivity (Wildman–Crippen MR) is 84.2 cm³/mol. The molecule has 2 N–H and O–H groups in total. The standard InChI is InChI=1S/C16H21N3O3/c1-10-4-3-7-19(11(10)2)16(21)17-12-5-6-13-14(8-12)22-9-15(20)18-13/h5-6,8,10-11H,3-4,7,9H2,1-2H3,(H,17,21)(H,18,20). The summed E-state index contributed by atoms with van der Waals surface area (Å²) in [6, 6.07) is 5.40. The fourth-order valence-corrected chi connectivity index (χ4v) is 2.97. The molecule has 1 aromatic rings. The lowest BCUT2D eigenvalue weighted by molar-refractivity contribution is -0.118. The number of fused-ring (bicyclic) bond motifs is 1. The van der Waals surface area contributed by atoms with Crippen LogP contribution in [0.4, 0.5) is 16.2 Å². The summed E-state index contributed by atoms with van der Waals surface area (Å²) in [4.78, 5) is 25.6. The van der Waals surface area contributed by atoms with Crippen LogP contribution >= 0.6 is 0 Å². The lowest BCUT2D eigenvalue weighted by atomic mass is 9.92. The Labute approximate surface area is 129 Å². The van der Waals surface area contributed by atoms with Gasteiger partial charge in [-0.3, -0.25) is 4.79 Å². The first-order valence-corrected chi connectivity index (χ1v) is 7.69. The molecule has 0 aliphatic carbocycles. The van der Waals surface area contributed by atoms with E-state index in [9.17, 15) is 9.59 Å². The molecule has 0 radical (unpaired) electrons. The van der Waals surface area contributed by atoms with Gasteiger partial charge in [-0.15, -0.1) is 0 Å². The van der Waals surface area contributed by atoms with Crippen LogP contribution in [0, 0.1) is 5.92 Å². The molecule has 6 nitrogen and oxygen atoms in total. The van der Waals surface area contributed by atoms with E-state index in [1.165, 1.54) is 0 Å². The van der Waals surface area contributed by atoms with Gasteiger partial charge in [-0.1, -0.05) is 6.92 Å². The summed E-state index contributed by atoms with van der Waals surface area (Å²) in [5.74, 6) is 0.930. The van der Waals surface area contributed by atoms with Gasteiger partial charge in [0.15, 0.2) is 6.61 Å². The Hall–Kier alpha value is -2.24. The number of benzene rings is 1. The van der Waals surface area contributed by atoms with Gasteiger partial charge in [0.1, 0.15) is 5.75 Å². The molecular weight excluding hydrogens is 282 g/mol. The first-order chi connectivity index (χ1) is 10.5. The number of amides is 3. The van der Waals surface area contributed by atoms with Crippen molar-refractivity contribution in [2.75, 3.05) is 23.8 Å². The summed E-state index contributed by atoms with van der Waals surface area (Å²) in [6.45, 7) is 5.06. The summed E-state index contributed by atoms with van der Waals surface area (Å²) in [7, 11) is 0. The van der Waals surface area contributed by atoms with E-state index in [-0.39, 0.29) is 24.6 Å². The molecule has 0 aromatic heterocycles. The summed E-state index contributed by atoms with van der Waals surface area (Å²) in [6.07, 6.45) is 2.20. The Bertz CT molecular complexity index is 602. The number of carbonyl (C=O) groups excluding carboxylic acids is 2. The van der Waals surface area contributed by atoms with E-state index in [1.54, 1.807) is 18.2 Å². The molecule has 0 spiro atoms. The summed E-state index contributed by atoms with van der Waals surface area (Å²) in [5, 5.41) is 5.65. The minimum atomic E-state index is -0.166. The second-order valence-electron chi connectivity index (χ2n) is 6.03. The number of piperidine rings is 1. The van der Waals surface area contributed by atoms with E-state index in [4.69, 9.17) is 4.74 Å². The van der Waals surface area contributed by atoms with Crippen LogP contribution in [0.1, 0.15) is 26.7 Å². The maximum Gasteiger partial charge on any atom is 0.322 e. The summed E-state index contributed by atoms with van der Waals surface area (Å²) >= 11 is 0. The molecule has 1 fully saturated rings. The first kappa shape index (κ1) is 14.7. The van der Waals surface area contributed by atoms with Crippen LogP contribution in [0.2, 0.25) is 0 Å². The highest BCUT2D eigenvalue weighted by Gasteiger charge is 2.28. The molecule has 0 saturated carbocycles. The number of rotatable bonds is 1. The van der Waals surface area contributed by atoms with E-state index >= 15 is 0 Å². The Kier molecular flexibility index (Phi) is 3.92. The third kappa shape index (κ3) is 2.86. The van der Waals surface area contributed by atoms with Gasteiger partial charge in [-0.2, -0.15) is 0 Å². The fraction of sp³-hybridized carbons (Fsp3) is 0.500. The maximum atomic E-state index is 12.4. The van der Waals surface area contributed by atoms with Crippen LogP contribution in [0.25, 0.3) is 0 Å². The molecule has 118 valence electrons. The third-order valence-electron chi connectivity index (χ3n) is 4.50. The highest BCUT2D eigenvalue weighted by molar-refractivity contribution is 5.96. The zero-order valence-corrected chi connectivity index (χ0v) is 12.9. The zero-order valence-electron chi connectivity index (χ0n) is 12.9. The van der Waals surface area contributed by atoms with E-state index in [0.29, 0.717) is 23.0 Å². The van der Waals surface area contributed by atoms with Crippen LogP contribution < -0.4 is 15.4 Å². The van der Waals surface area contributed by atoms with Crippen molar-refractivity contribution >= 4 is 23.3 Å². The highest BCUT2D eigenvalue weighted by atomic mass is 16.5. The topological polar surface area (TPSA) is 70.7 Å². The van der Waals surface area contributed by atoms with Crippen molar-refractivity contribution in [3.63, 3.8) is 0 Å². The maximum absolute atomic E-state index is 12.4. The zero-order chi connectivity index (χ0) is 15.7. The molecule has 0 bridgehead atoms. The molecule has 3 amide bonds. The third-order valence-corrected chi connectivity index (χ3v) is 4.50. The van der Waals surface area contributed by atoms with Gasteiger partial charge in [-0.25, -0.2) is 4.79 Å². The molecule has 3 rings (SSSR count). The first-order valence-electron chi connectivity index (χ1n) is 7.69. The van der Waals surface area contributed by atoms with Crippen LogP contribution in [0.3, 0.4) is 0 Å². The number of hydrogen-bond donors (Lipinski definition) is 2. The number of urea groups is 1. The molecule has 22 heavy (non-hydrogen) atoms. The number of anilines is 2.